The number of piperidine rings is 1. The number of hydrogen-bond acceptors (Lipinski definition) is 4. The molecule has 0 aliphatic carbocycles. The Kier molecular flexibility index (Phi) is 9.48. The number of alkyl halides is 3. The van der Waals surface area contributed by atoms with Crippen molar-refractivity contribution in [2.24, 2.45) is 0 Å². The number of thiocarbonyl (C=S) groups is 1. The fourth-order valence-electron chi connectivity index (χ4n) is 5.54. The fourth-order valence-corrected chi connectivity index (χ4v) is 5.87. The molecule has 2 saturated heterocycles. The van der Waals surface area contributed by atoms with Crippen molar-refractivity contribution in [3.05, 3.63) is 59.2 Å². The summed E-state index contributed by atoms with van der Waals surface area (Å²) in [7, 11) is 0. The van der Waals surface area contributed by atoms with Crippen molar-refractivity contribution in [2.75, 3.05) is 56.0 Å². The molecule has 0 aromatic heterocycles. The first kappa shape index (κ1) is 29.7. The molecule has 1 N–H and O–H groups in total. The van der Waals surface area contributed by atoms with E-state index in [0.717, 1.165) is 76.5 Å². The number of benzene rings is 2. The highest BCUT2D eigenvalue weighted by atomic mass is 32.1. The smallest absolute Gasteiger partial charge is 0.382 e. The van der Waals surface area contributed by atoms with Crippen LogP contribution in [0.5, 0.6) is 0 Å². The SMILES string of the molecule is Cc1ccc(NC2CCN(C(=S)CCCN3CCN(c4ccc(C(C)(C)C)cc4)CC3)CC2)cc1C(F)(F)F. The fraction of sp³-hybridized carbons (Fsp3) is 0.581. The number of nitrogens with zero attached hydrogens (tertiary/aromatic N) is 3. The van der Waals surface area contributed by atoms with Crippen LogP contribution >= 0.6 is 12.2 Å². The van der Waals surface area contributed by atoms with E-state index in [4.69, 9.17) is 12.2 Å². The van der Waals surface area contributed by atoms with Gasteiger partial charge in [-0.2, -0.15) is 13.2 Å². The van der Waals surface area contributed by atoms with E-state index in [9.17, 15) is 13.2 Å². The van der Waals surface area contributed by atoms with Crippen molar-refractivity contribution >= 4 is 28.6 Å². The number of likely N-dealkylation sites (tertiary alicyclic amines) is 1. The standard InChI is InChI=1S/C31H43F3N4S/c1-23-7-10-26(22-28(23)31(32,33)34)35-25-13-16-38(17-14-25)29(39)6-5-15-36-18-20-37(21-19-36)27-11-8-24(9-12-27)30(2,3)4/h7-12,22,25,35H,5-6,13-21H2,1-4H3. The van der Waals surface area contributed by atoms with Crippen molar-refractivity contribution in [3.8, 4) is 0 Å². The second-order valence-corrected chi connectivity index (χ2v) is 12.5. The summed E-state index contributed by atoms with van der Waals surface area (Å²) in [6.07, 6.45) is -0.624. The minimum absolute atomic E-state index is 0.161. The number of halogens is 3. The van der Waals surface area contributed by atoms with Gasteiger partial charge in [-0.3, -0.25) is 4.90 Å². The number of aryl methyl sites for hydroxylation is 1. The van der Waals surface area contributed by atoms with E-state index in [1.807, 2.05) is 0 Å². The molecule has 2 aromatic carbocycles. The van der Waals surface area contributed by atoms with Gasteiger partial charge in [0.05, 0.1) is 10.6 Å². The molecule has 0 atom stereocenters. The average Bonchev–Trinajstić information content (AvgIpc) is 2.89. The Labute approximate surface area is 237 Å². The van der Waals surface area contributed by atoms with Crippen molar-refractivity contribution < 1.29 is 13.2 Å². The number of nitrogens with one attached hydrogen (secondary N) is 1. The maximum Gasteiger partial charge on any atom is 0.416 e. The zero-order chi connectivity index (χ0) is 28.2. The summed E-state index contributed by atoms with van der Waals surface area (Å²) in [5.41, 5.74) is 3.08. The summed E-state index contributed by atoms with van der Waals surface area (Å²) in [5, 5.41) is 3.31. The molecule has 0 saturated carbocycles. The summed E-state index contributed by atoms with van der Waals surface area (Å²) in [6, 6.07) is 13.7. The molecule has 4 rings (SSSR count). The van der Waals surface area contributed by atoms with E-state index < -0.39 is 11.7 Å². The van der Waals surface area contributed by atoms with Crippen LogP contribution in [0.4, 0.5) is 24.5 Å². The number of piperazine rings is 1. The van der Waals surface area contributed by atoms with Gasteiger partial charge in [0, 0.05) is 56.7 Å². The van der Waals surface area contributed by atoms with Crippen LogP contribution in [-0.4, -0.2) is 66.6 Å². The quantitative estimate of drug-likeness (QED) is 0.363. The summed E-state index contributed by atoms with van der Waals surface area (Å²) in [6.45, 7) is 15.2. The zero-order valence-corrected chi connectivity index (χ0v) is 24.6. The molecule has 4 nitrogen and oxygen atoms in total. The van der Waals surface area contributed by atoms with Crippen LogP contribution in [0.15, 0.2) is 42.5 Å². The first-order chi connectivity index (χ1) is 18.4. The van der Waals surface area contributed by atoms with Gasteiger partial charge in [0.25, 0.3) is 0 Å². The molecule has 2 aromatic rings. The molecule has 8 heteroatoms. The van der Waals surface area contributed by atoms with Crippen LogP contribution in [0.3, 0.4) is 0 Å². The molecular weight excluding hydrogens is 517 g/mol. The van der Waals surface area contributed by atoms with Gasteiger partial charge in [0.2, 0.25) is 0 Å². The maximum atomic E-state index is 13.2. The summed E-state index contributed by atoms with van der Waals surface area (Å²) in [4.78, 5) is 8.31. The zero-order valence-electron chi connectivity index (χ0n) is 23.8. The highest BCUT2D eigenvalue weighted by Crippen LogP contribution is 2.34. The minimum atomic E-state index is -4.33. The van der Waals surface area contributed by atoms with Crippen molar-refractivity contribution in [1.29, 1.82) is 0 Å². The van der Waals surface area contributed by atoms with Gasteiger partial charge in [-0.25, -0.2) is 0 Å². The molecule has 0 radical (unpaired) electrons. The van der Waals surface area contributed by atoms with Crippen molar-refractivity contribution in [2.45, 2.75) is 71.0 Å². The summed E-state index contributed by atoms with van der Waals surface area (Å²) < 4.78 is 39.7. The minimum Gasteiger partial charge on any atom is -0.382 e. The molecule has 0 bridgehead atoms. The third-order valence-corrected chi connectivity index (χ3v) is 8.56. The van der Waals surface area contributed by atoms with Crippen molar-refractivity contribution in [3.63, 3.8) is 0 Å². The largest absolute Gasteiger partial charge is 0.416 e. The normalized spacial score (nSPS) is 17.9. The first-order valence-corrected chi connectivity index (χ1v) is 14.6. The lowest BCUT2D eigenvalue weighted by Crippen LogP contribution is -2.47. The number of hydrogen-bond donors (Lipinski definition) is 1. The van der Waals surface area contributed by atoms with E-state index in [1.54, 1.807) is 12.1 Å². The van der Waals surface area contributed by atoms with E-state index in [0.29, 0.717) is 5.69 Å². The molecule has 0 unspecified atom stereocenters. The Morgan fingerprint density at radius 2 is 1.56 bits per heavy atom. The molecule has 0 spiro atoms. The lowest BCUT2D eigenvalue weighted by atomic mass is 9.87. The second kappa shape index (κ2) is 12.5. The summed E-state index contributed by atoms with van der Waals surface area (Å²) in [5.74, 6) is 0. The Bertz CT molecular complexity index is 1090. The summed E-state index contributed by atoms with van der Waals surface area (Å²) >= 11 is 5.75. The molecule has 39 heavy (non-hydrogen) atoms. The maximum absolute atomic E-state index is 13.2. The van der Waals surface area contributed by atoms with Gasteiger partial charge in [-0.1, -0.05) is 51.2 Å². The van der Waals surface area contributed by atoms with Crippen LogP contribution in [-0.2, 0) is 11.6 Å². The lowest BCUT2D eigenvalue weighted by molar-refractivity contribution is -0.138. The van der Waals surface area contributed by atoms with Gasteiger partial charge in [0.1, 0.15) is 0 Å². The predicted molar refractivity (Wildman–Crippen MR) is 160 cm³/mol. The topological polar surface area (TPSA) is 21.8 Å². The third kappa shape index (κ3) is 8.10. The Morgan fingerprint density at radius 3 is 2.15 bits per heavy atom. The molecule has 214 valence electrons. The molecule has 2 heterocycles. The van der Waals surface area contributed by atoms with Crippen LogP contribution in [0, 0.1) is 6.92 Å². The van der Waals surface area contributed by atoms with E-state index in [1.165, 1.54) is 24.2 Å². The van der Waals surface area contributed by atoms with Crippen molar-refractivity contribution in [1.82, 2.24) is 9.80 Å². The molecule has 2 aliphatic rings. The van der Waals surface area contributed by atoms with Gasteiger partial charge in [-0.15, -0.1) is 0 Å². The third-order valence-electron chi connectivity index (χ3n) is 8.10. The van der Waals surface area contributed by atoms with E-state index >= 15 is 0 Å². The van der Waals surface area contributed by atoms with E-state index in [2.05, 4.69) is 65.1 Å². The van der Waals surface area contributed by atoms with Crippen LogP contribution in [0.2, 0.25) is 0 Å². The second-order valence-electron chi connectivity index (χ2n) is 12.1. The first-order valence-electron chi connectivity index (χ1n) is 14.2. The highest BCUT2D eigenvalue weighted by Gasteiger charge is 2.32. The lowest BCUT2D eigenvalue weighted by Gasteiger charge is -2.37. The van der Waals surface area contributed by atoms with E-state index in [-0.39, 0.29) is 17.0 Å². The Morgan fingerprint density at radius 1 is 0.923 bits per heavy atom. The average molecular weight is 561 g/mol. The van der Waals surface area contributed by atoms with Gasteiger partial charge >= 0.3 is 6.18 Å². The highest BCUT2D eigenvalue weighted by molar-refractivity contribution is 7.80. The van der Waals surface area contributed by atoms with Crippen LogP contribution in [0.1, 0.15) is 63.1 Å². The van der Waals surface area contributed by atoms with Gasteiger partial charge < -0.3 is 15.1 Å². The van der Waals surface area contributed by atoms with Crippen LogP contribution in [0.25, 0.3) is 0 Å². The Hall–Kier alpha value is -2.32. The predicted octanol–water partition coefficient (Wildman–Crippen LogP) is 7.12. The molecule has 2 aliphatic heterocycles. The molecular formula is C31H43F3N4S. The Balaban J connectivity index is 1.14. The molecule has 2 fully saturated rings. The monoisotopic (exact) mass is 560 g/mol. The number of rotatable bonds is 7. The van der Waals surface area contributed by atoms with Gasteiger partial charge in [0.15, 0.2) is 0 Å². The van der Waals surface area contributed by atoms with Crippen LogP contribution < -0.4 is 10.2 Å². The van der Waals surface area contributed by atoms with Gasteiger partial charge in [-0.05, 0) is 80.0 Å². The number of anilines is 2. The molecule has 0 amide bonds.